The molecule has 3 heterocycles. The molecule has 2 aliphatic heterocycles. The number of hydrogen-bond acceptors (Lipinski definition) is 4. The molecule has 1 aromatic carbocycles. The van der Waals surface area contributed by atoms with Crippen LogP contribution in [0.1, 0.15) is 92.7 Å². The second-order valence-electron chi connectivity index (χ2n) is 13.1. The number of amides is 1. The monoisotopic (exact) mass is 555 g/mol. The van der Waals surface area contributed by atoms with Crippen LogP contribution in [-0.4, -0.2) is 51.5 Å². The molecule has 0 radical (unpaired) electrons. The van der Waals surface area contributed by atoms with Gasteiger partial charge in [-0.15, -0.1) is 0 Å². The Morgan fingerprint density at radius 1 is 1.07 bits per heavy atom. The highest BCUT2D eigenvalue weighted by atomic mass is 19.4. The van der Waals surface area contributed by atoms with Crippen molar-refractivity contribution in [2.24, 2.45) is 11.3 Å². The summed E-state index contributed by atoms with van der Waals surface area (Å²) in [6.45, 7) is 6.39. The average Bonchev–Trinajstić information content (AvgIpc) is 3.50. The minimum absolute atomic E-state index is 0.152. The highest BCUT2D eigenvalue weighted by molar-refractivity contribution is 5.84. The Kier molecular flexibility index (Phi) is 7.01. The molecule has 8 heteroatoms. The number of aliphatic hydroxyl groups is 1. The van der Waals surface area contributed by atoms with Crippen LogP contribution in [0.3, 0.4) is 0 Å². The second-order valence-corrected chi connectivity index (χ2v) is 13.1. The molecule has 4 aliphatic rings. The van der Waals surface area contributed by atoms with E-state index in [9.17, 15) is 23.1 Å². The van der Waals surface area contributed by atoms with Gasteiger partial charge < -0.3 is 14.9 Å². The third-order valence-electron chi connectivity index (χ3n) is 10.3. The van der Waals surface area contributed by atoms with Crippen LogP contribution in [0.5, 0.6) is 0 Å². The van der Waals surface area contributed by atoms with E-state index in [4.69, 9.17) is 0 Å². The first-order chi connectivity index (χ1) is 18.9. The molecule has 0 unspecified atom stereocenters. The van der Waals surface area contributed by atoms with Gasteiger partial charge in [0.15, 0.2) is 0 Å². The number of halogens is 3. The Bertz CT molecular complexity index is 1260. The highest BCUT2D eigenvalue weighted by Crippen LogP contribution is 2.57. The van der Waals surface area contributed by atoms with Gasteiger partial charge in [-0.05, 0) is 100 Å². The summed E-state index contributed by atoms with van der Waals surface area (Å²) in [5.41, 5.74) is 1.48. The minimum atomic E-state index is -4.44. The lowest BCUT2D eigenvalue weighted by atomic mass is 9.78. The number of piperidine rings is 1. The summed E-state index contributed by atoms with van der Waals surface area (Å²) in [4.78, 5) is 22.6. The van der Waals surface area contributed by atoms with Gasteiger partial charge in [0.25, 0.3) is 0 Å². The van der Waals surface area contributed by atoms with Gasteiger partial charge in [0.05, 0.1) is 16.6 Å². The number of pyridine rings is 1. The van der Waals surface area contributed by atoms with E-state index >= 15 is 0 Å². The lowest BCUT2D eigenvalue weighted by molar-refractivity contribution is -0.144. The molecular weight excluding hydrogens is 515 g/mol. The van der Waals surface area contributed by atoms with E-state index in [0.717, 1.165) is 69.8 Å². The standard InChI is InChI=1S/C32H40F3N3O2/c1-30(2,40)24-6-3-5-22(15-24)21-8-12-37(13-9-21)27-17-25-7-4-11-31(25,18-27)29(39)38-14-10-28-23(20-38)16-26(19-36-28)32(33,34)35/h3,5-6,15-16,19,21,25,27,40H,4,7-14,17-18,20H2,1-2H3/t25-,27-,31-/m1/s1. The first kappa shape index (κ1) is 27.7. The second kappa shape index (κ2) is 10.1. The molecule has 1 saturated heterocycles. The molecule has 1 amide bonds. The summed E-state index contributed by atoms with van der Waals surface area (Å²) in [5, 5.41) is 10.4. The van der Waals surface area contributed by atoms with E-state index in [1.807, 2.05) is 30.9 Å². The number of hydrogen-bond donors (Lipinski definition) is 1. The number of carbonyl (C=O) groups excluding carboxylic acids is 1. The van der Waals surface area contributed by atoms with Gasteiger partial charge in [0, 0.05) is 37.4 Å². The Hall–Kier alpha value is -2.45. The van der Waals surface area contributed by atoms with Crippen LogP contribution in [0.25, 0.3) is 0 Å². The van der Waals surface area contributed by atoms with Gasteiger partial charge in [-0.1, -0.05) is 30.7 Å². The SMILES string of the molecule is CC(C)(O)c1cccc(C2CCN([C@@H]3C[C@H]4CCC[C@@]4(C(=O)N4CCc5ncc(C(F)(F)F)cc5C4)C3)CC2)c1. The smallest absolute Gasteiger partial charge is 0.386 e. The van der Waals surface area contributed by atoms with Gasteiger partial charge in [-0.25, -0.2) is 0 Å². The Labute approximate surface area is 234 Å². The van der Waals surface area contributed by atoms with Crippen LogP contribution < -0.4 is 0 Å². The molecule has 3 fully saturated rings. The fourth-order valence-electron chi connectivity index (χ4n) is 8.08. The number of fused-ring (bicyclic) bond motifs is 2. The predicted molar refractivity (Wildman–Crippen MR) is 146 cm³/mol. The predicted octanol–water partition coefficient (Wildman–Crippen LogP) is 6.04. The van der Waals surface area contributed by atoms with Gasteiger partial charge in [-0.2, -0.15) is 13.2 Å². The zero-order chi connectivity index (χ0) is 28.3. The van der Waals surface area contributed by atoms with E-state index < -0.39 is 17.3 Å². The highest BCUT2D eigenvalue weighted by Gasteiger charge is 2.57. The zero-order valence-electron chi connectivity index (χ0n) is 23.5. The molecular formula is C32H40F3N3O2. The largest absolute Gasteiger partial charge is 0.417 e. The summed E-state index contributed by atoms with van der Waals surface area (Å²) in [7, 11) is 0. The molecule has 2 aromatic rings. The summed E-state index contributed by atoms with van der Waals surface area (Å²) >= 11 is 0. The molecule has 0 spiro atoms. The van der Waals surface area contributed by atoms with E-state index in [1.165, 1.54) is 11.6 Å². The maximum atomic E-state index is 14.1. The van der Waals surface area contributed by atoms with Crippen molar-refractivity contribution in [3.05, 3.63) is 64.5 Å². The van der Waals surface area contributed by atoms with Crippen LogP contribution in [0.2, 0.25) is 0 Å². The van der Waals surface area contributed by atoms with Crippen molar-refractivity contribution in [3.63, 3.8) is 0 Å². The van der Waals surface area contributed by atoms with Crippen molar-refractivity contribution < 1.29 is 23.1 Å². The number of likely N-dealkylation sites (tertiary alicyclic amines) is 1. The molecule has 2 aliphatic carbocycles. The molecule has 40 heavy (non-hydrogen) atoms. The fraction of sp³-hybridized carbons (Fsp3) is 0.625. The lowest BCUT2D eigenvalue weighted by Gasteiger charge is -2.39. The third kappa shape index (κ3) is 5.06. The van der Waals surface area contributed by atoms with E-state index in [1.54, 1.807) is 0 Å². The lowest BCUT2D eigenvalue weighted by Crippen LogP contribution is -2.47. The number of alkyl halides is 3. The van der Waals surface area contributed by atoms with Gasteiger partial charge >= 0.3 is 6.18 Å². The van der Waals surface area contributed by atoms with Crippen LogP contribution in [-0.2, 0) is 29.5 Å². The number of rotatable bonds is 4. The van der Waals surface area contributed by atoms with Gasteiger partial charge in [0.1, 0.15) is 0 Å². The topological polar surface area (TPSA) is 56.7 Å². The number of aromatic nitrogens is 1. The van der Waals surface area contributed by atoms with Crippen LogP contribution in [0.15, 0.2) is 36.5 Å². The number of nitrogens with zero attached hydrogens (tertiary/aromatic N) is 3. The first-order valence-electron chi connectivity index (χ1n) is 14.9. The maximum absolute atomic E-state index is 14.1. The molecule has 3 atom stereocenters. The summed E-state index contributed by atoms with van der Waals surface area (Å²) in [5.74, 6) is 0.977. The van der Waals surface area contributed by atoms with Crippen LogP contribution >= 0.6 is 0 Å². The number of benzene rings is 1. The Morgan fingerprint density at radius 3 is 2.58 bits per heavy atom. The Balaban J connectivity index is 1.12. The molecule has 0 bridgehead atoms. The fourth-order valence-corrected chi connectivity index (χ4v) is 8.08. The molecule has 6 rings (SSSR count). The molecule has 216 valence electrons. The van der Waals surface area contributed by atoms with Crippen molar-refractivity contribution in [1.82, 2.24) is 14.8 Å². The summed E-state index contributed by atoms with van der Waals surface area (Å²) < 4.78 is 39.9. The third-order valence-corrected chi connectivity index (χ3v) is 10.3. The normalized spacial score (nSPS) is 28.0. The minimum Gasteiger partial charge on any atom is -0.386 e. The van der Waals surface area contributed by atoms with E-state index in [2.05, 4.69) is 22.0 Å². The Morgan fingerprint density at radius 2 is 1.85 bits per heavy atom. The molecule has 5 nitrogen and oxygen atoms in total. The quantitative estimate of drug-likeness (QED) is 0.500. The van der Waals surface area contributed by atoms with Crippen LogP contribution in [0, 0.1) is 11.3 Å². The summed E-state index contributed by atoms with van der Waals surface area (Å²) in [6.07, 6.45) is 4.01. The molecule has 1 aromatic heterocycles. The van der Waals surface area contributed by atoms with Crippen molar-refractivity contribution in [2.45, 2.75) is 95.5 Å². The van der Waals surface area contributed by atoms with Crippen LogP contribution in [0.4, 0.5) is 13.2 Å². The maximum Gasteiger partial charge on any atom is 0.417 e. The van der Waals surface area contributed by atoms with E-state index in [0.29, 0.717) is 42.1 Å². The van der Waals surface area contributed by atoms with Gasteiger partial charge in [-0.3, -0.25) is 9.78 Å². The zero-order valence-corrected chi connectivity index (χ0v) is 23.5. The van der Waals surface area contributed by atoms with Crippen molar-refractivity contribution in [1.29, 1.82) is 0 Å². The van der Waals surface area contributed by atoms with Crippen molar-refractivity contribution in [2.75, 3.05) is 19.6 Å². The molecule has 1 N–H and O–H groups in total. The van der Waals surface area contributed by atoms with Crippen molar-refractivity contribution >= 4 is 5.91 Å². The summed E-state index contributed by atoms with van der Waals surface area (Å²) in [6, 6.07) is 9.92. The average molecular weight is 556 g/mol. The van der Waals surface area contributed by atoms with Gasteiger partial charge in [0.2, 0.25) is 5.91 Å². The molecule has 2 saturated carbocycles. The first-order valence-corrected chi connectivity index (χ1v) is 14.9. The van der Waals surface area contributed by atoms with Crippen molar-refractivity contribution in [3.8, 4) is 0 Å². The van der Waals surface area contributed by atoms with E-state index in [-0.39, 0.29) is 17.9 Å². The number of carbonyl (C=O) groups is 1.